The summed E-state index contributed by atoms with van der Waals surface area (Å²) >= 11 is 1.67. The van der Waals surface area contributed by atoms with Gasteiger partial charge in [-0.3, -0.25) is 49.1 Å². The number of sulfonamides is 1. The van der Waals surface area contributed by atoms with Gasteiger partial charge in [0.15, 0.2) is 0 Å². The van der Waals surface area contributed by atoms with Crippen LogP contribution in [0.15, 0.2) is 0 Å². The van der Waals surface area contributed by atoms with Gasteiger partial charge in [0.1, 0.15) is 17.6 Å². The van der Waals surface area contributed by atoms with Crippen LogP contribution >= 0.6 is 11.8 Å². The fraction of sp³-hybridized carbons (Fsp3) is 0.848. The zero-order valence-corrected chi connectivity index (χ0v) is 41.2. The van der Waals surface area contributed by atoms with E-state index in [9.17, 15) is 42.0 Å². The lowest BCUT2D eigenvalue weighted by atomic mass is 9.78. The highest BCUT2D eigenvalue weighted by atomic mass is 32.2. The first-order chi connectivity index (χ1) is 32.7. The number of amides is 7. The standard InChI is InChI=1S/C46H74N8O12S2/c1-68(62,63)53-18-15-32(25-53)41(57)49-36(42(58)52-46-50-37(28-67-46)31-5-3-2-4-6-31)27-66-26-30-9-7-29(8-10-30)24-48-39(55)16-19-64-21-22-65-20-17-47-33-11-12-34-35(23-33)45(61)54(44(34)60)38-13-14-40(56)51-43(38)59/h29-38,46-47,50H,2-28H2,1H3,(H,48,55)(H,49,57)(H,52,58)(H,51,56,59)/t29?,30?,32?,33?,34?,35?,36-,37?,38?,46?/m0/s1. The van der Waals surface area contributed by atoms with Crippen LogP contribution in [0.3, 0.4) is 0 Å². The van der Waals surface area contributed by atoms with E-state index in [-0.39, 0.29) is 92.5 Å². The fourth-order valence-electron chi connectivity index (χ4n) is 11.1. The van der Waals surface area contributed by atoms with Crippen LogP contribution in [-0.2, 0) is 57.8 Å². The van der Waals surface area contributed by atoms with Gasteiger partial charge in [-0.15, -0.1) is 11.8 Å². The van der Waals surface area contributed by atoms with Crippen LogP contribution in [-0.4, -0.2) is 166 Å². The number of hydrogen-bond acceptors (Lipinski definition) is 15. The van der Waals surface area contributed by atoms with Gasteiger partial charge in [0.2, 0.25) is 51.4 Å². The number of nitrogens with zero attached hydrogens (tertiary/aromatic N) is 2. The lowest BCUT2D eigenvalue weighted by molar-refractivity contribution is -0.151. The first-order valence-corrected chi connectivity index (χ1v) is 28.0. The van der Waals surface area contributed by atoms with Crippen LogP contribution < -0.4 is 31.9 Å². The van der Waals surface area contributed by atoms with Crippen molar-refractivity contribution in [3.63, 3.8) is 0 Å². The van der Waals surface area contributed by atoms with Gasteiger partial charge >= 0.3 is 0 Å². The van der Waals surface area contributed by atoms with Gasteiger partial charge in [-0.1, -0.05) is 19.3 Å². The molecule has 0 bridgehead atoms. The highest BCUT2D eigenvalue weighted by Crippen LogP contribution is 2.40. The molecule has 0 radical (unpaired) electrons. The normalized spacial score (nSPS) is 31.1. The Hall–Kier alpha value is -3.25. The number of fused-ring (bicyclic) bond motifs is 1. The van der Waals surface area contributed by atoms with Gasteiger partial charge in [-0.25, -0.2) is 12.7 Å². The van der Waals surface area contributed by atoms with E-state index in [0.717, 1.165) is 49.0 Å². The maximum atomic E-state index is 13.6. The van der Waals surface area contributed by atoms with Crippen LogP contribution in [0.25, 0.3) is 0 Å². The first kappa shape index (κ1) is 52.6. The summed E-state index contributed by atoms with van der Waals surface area (Å²) in [7, 11) is -3.42. The van der Waals surface area contributed by atoms with Crippen LogP contribution in [0.2, 0.25) is 0 Å². The van der Waals surface area contributed by atoms with Crippen molar-refractivity contribution < 1.29 is 56.2 Å². The summed E-state index contributed by atoms with van der Waals surface area (Å²) in [6, 6.07) is -1.44. The van der Waals surface area contributed by atoms with Gasteiger partial charge in [-0.2, -0.15) is 0 Å². The minimum Gasteiger partial charge on any atom is -0.379 e. The molecule has 0 aromatic heterocycles. The zero-order valence-electron chi connectivity index (χ0n) is 39.6. The van der Waals surface area contributed by atoms with Crippen LogP contribution in [0.5, 0.6) is 0 Å². The van der Waals surface area contributed by atoms with Gasteiger partial charge in [0.25, 0.3) is 0 Å². The average Bonchev–Trinajstić information content (AvgIpc) is 4.07. The Labute approximate surface area is 404 Å². The van der Waals surface area contributed by atoms with E-state index < -0.39 is 45.8 Å². The molecule has 0 aromatic rings. The summed E-state index contributed by atoms with van der Waals surface area (Å²) in [5, 5.41) is 18.3. The maximum absolute atomic E-state index is 13.6. The molecular formula is C46H74N8O12S2. The van der Waals surface area contributed by atoms with Gasteiger partial charge < -0.3 is 35.5 Å². The monoisotopic (exact) mass is 994 g/mol. The second-order valence-electron chi connectivity index (χ2n) is 20.0. The highest BCUT2D eigenvalue weighted by molar-refractivity contribution is 8.00. The molecule has 4 saturated heterocycles. The van der Waals surface area contributed by atoms with Gasteiger partial charge in [-0.05, 0) is 88.4 Å². The molecule has 68 heavy (non-hydrogen) atoms. The first-order valence-electron chi connectivity index (χ1n) is 25.1. The van der Waals surface area contributed by atoms with Crippen molar-refractivity contribution in [3.05, 3.63) is 0 Å². The maximum Gasteiger partial charge on any atom is 0.249 e. The molecule has 6 N–H and O–H groups in total. The second kappa shape index (κ2) is 25.2. The van der Waals surface area contributed by atoms with Crippen molar-refractivity contribution >= 4 is 63.1 Å². The van der Waals surface area contributed by atoms with Crippen LogP contribution in [0.1, 0.15) is 103 Å². The number of carbonyl (C=O) groups excluding carboxylic acids is 7. The minimum atomic E-state index is -3.42. The number of hydrogen-bond donors (Lipinski definition) is 6. The Bertz CT molecular complexity index is 1900. The molecule has 7 fully saturated rings. The summed E-state index contributed by atoms with van der Waals surface area (Å²) in [6.07, 6.45) is 13.7. The molecule has 3 aliphatic carbocycles. The molecule has 7 unspecified atom stereocenters. The number of imide groups is 2. The number of ether oxygens (including phenoxy) is 3. The SMILES string of the molecule is CS(=O)(=O)N1CCC(C(=O)N[C@@H](COCC2CCC(CNC(=O)CCOCCOCCNC3CCC4C(=O)N(C5CCC(=O)NC5=O)C(=O)C4C3)CC2)C(=O)NC2NC(C3CCCCC3)CS2)C1. The fourth-order valence-corrected chi connectivity index (χ4v) is 13.2. The third kappa shape index (κ3) is 14.7. The molecule has 8 atom stereocenters. The number of nitrogens with one attached hydrogen (secondary N) is 6. The number of rotatable bonds is 23. The molecule has 3 saturated carbocycles. The van der Waals surface area contributed by atoms with Crippen molar-refractivity contribution in [3.8, 4) is 0 Å². The third-order valence-electron chi connectivity index (χ3n) is 15.1. The molecule has 22 heteroatoms. The van der Waals surface area contributed by atoms with Crippen LogP contribution in [0, 0.1) is 35.5 Å². The molecule has 7 aliphatic rings. The second-order valence-corrected chi connectivity index (χ2v) is 23.1. The predicted octanol–water partition coefficient (Wildman–Crippen LogP) is 0.349. The Kier molecular flexibility index (Phi) is 19.5. The quantitative estimate of drug-likeness (QED) is 0.0597. The predicted molar refractivity (Wildman–Crippen MR) is 251 cm³/mol. The molecule has 4 heterocycles. The largest absolute Gasteiger partial charge is 0.379 e. The van der Waals surface area contributed by atoms with E-state index in [1.54, 1.807) is 11.8 Å². The summed E-state index contributed by atoms with van der Waals surface area (Å²) < 4.78 is 42.9. The topological polar surface area (TPSA) is 260 Å². The summed E-state index contributed by atoms with van der Waals surface area (Å²) in [4.78, 5) is 90.8. The molecular weight excluding hydrogens is 921 g/mol. The van der Waals surface area contributed by atoms with Crippen molar-refractivity contribution in [2.45, 2.75) is 132 Å². The third-order valence-corrected chi connectivity index (χ3v) is 17.5. The van der Waals surface area contributed by atoms with E-state index in [1.165, 1.54) is 36.4 Å². The van der Waals surface area contributed by atoms with E-state index in [1.807, 2.05) is 0 Å². The Morgan fingerprint density at radius 2 is 1.57 bits per heavy atom. The summed E-state index contributed by atoms with van der Waals surface area (Å²) in [5.41, 5.74) is -0.253. The van der Waals surface area contributed by atoms with E-state index in [0.29, 0.717) is 82.6 Å². The highest BCUT2D eigenvalue weighted by Gasteiger charge is 2.54. The minimum absolute atomic E-state index is 0.0121. The number of carbonyl (C=O) groups is 7. The molecule has 7 amide bonds. The molecule has 4 aliphatic heterocycles. The molecule has 0 spiro atoms. The Morgan fingerprint density at radius 3 is 2.31 bits per heavy atom. The zero-order chi connectivity index (χ0) is 48.2. The van der Waals surface area contributed by atoms with Crippen LogP contribution in [0.4, 0.5) is 0 Å². The van der Waals surface area contributed by atoms with Crippen molar-refractivity contribution in [2.24, 2.45) is 35.5 Å². The Morgan fingerprint density at radius 1 is 0.838 bits per heavy atom. The van der Waals surface area contributed by atoms with E-state index >= 15 is 0 Å². The van der Waals surface area contributed by atoms with Crippen molar-refractivity contribution in [1.82, 2.24) is 41.1 Å². The van der Waals surface area contributed by atoms with Gasteiger partial charge in [0, 0.05) is 63.5 Å². The number of likely N-dealkylation sites (tertiary alicyclic amines) is 1. The van der Waals surface area contributed by atoms with E-state index in [4.69, 9.17) is 14.2 Å². The number of piperidine rings is 1. The van der Waals surface area contributed by atoms with Crippen molar-refractivity contribution in [2.75, 3.05) is 77.8 Å². The summed E-state index contributed by atoms with van der Waals surface area (Å²) in [6.45, 7) is 3.41. The van der Waals surface area contributed by atoms with Gasteiger partial charge in [0.05, 0.1) is 57.0 Å². The number of thioether (sulfide) groups is 1. The molecule has 0 aromatic carbocycles. The molecule has 20 nitrogen and oxygen atoms in total. The lowest BCUT2D eigenvalue weighted by Gasteiger charge is -2.29. The molecule has 7 rings (SSSR count). The Balaban J connectivity index is 0.716. The average molecular weight is 995 g/mol. The smallest absolute Gasteiger partial charge is 0.249 e. The van der Waals surface area contributed by atoms with Crippen molar-refractivity contribution in [1.29, 1.82) is 0 Å². The summed E-state index contributed by atoms with van der Waals surface area (Å²) in [5.74, 6) is -1.59. The molecule has 382 valence electrons. The lowest BCUT2D eigenvalue weighted by Crippen LogP contribution is -2.55. The van der Waals surface area contributed by atoms with E-state index in [2.05, 4.69) is 31.9 Å².